The number of hydrogen-bond acceptors (Lipinski definition) is 3. The Morgan fingerprint density at radius 3 is 2.93 bits per heavy atom. The summed E-state index contributed by atoms with van der Waals surface area (Å²) in [6.45, 7) is 0.549. The number of nitrogens with zero attached hydrogens (tertiary/aromatic N) is 1. The van der Waals surface area contributed by atoms with Crippen molar-refractivity contribution in [1.29, 1.82) is 0 Å². The molecule has 0 amide bonds. The molecule has 1 aromatic heterocycles. The molecule has 1 aliphatic carbocycles. The highest BCUT2D eigenvalue weighted by Gasteiger charge is 2.15. The number of hydrogen-bond donors (Lipinski definition) is 1. The summed E-state index contributed by atoms with van der Waals surface area (Å²) in [6.07, 6.45) is 7.47. The lowest BCUT2D eigenvalue weighted by molar-refractivity contribution is 0.623. The standard InChI is InChI=1S/C12H18N2S/c13-8-11-12(6-3-7-14-11)15-9-10-4-1-2-5-10/h3,6-7,10H,1-2,4-5,8-9,13H2. The van der Waals surface area contributed by atoms with Gasteiger partial charge in [0.25, 0.3) is 0 Å². The van der Waals surface area contributed by atoms with Gasteiger partial charge < -0.3 is 5.73 Å². The van der Waals surface area contributed by atoms with E-state index in [1.165, 1.54) is 36.3 Å². The maximum atomic E-state index is 5.66. The normalized spacial score (nSPS) is 17.1. The molecule has 2 nitrogen and oxygen atoms in total. The van der Waals surface area contributed by atoms with Gasteiger partial charge in [-0.2, -0.15) is 0 Å². The van der Waals surface area contributed by atoms with Crippen LogP contribution in [0.2, 0.25) is 0 Å². The quantitative estimate of drug-likeness (QED) is 0.796. The van der Waals surface area contributed by atoms with Gasteiger partial charge in [0.2, 0.25) is 0 Å². The van der Waals surface area contributed by atoms with Crippen LogP contribution in [0, 0.1) is 5.92 Å². The fourth-order valence-corrected chi connectivity index (χ4v) is 3.32. The van der Waals surface area contributed by atoms with E-state index in [4.69, 9.17) is 5.73 Å². The predicted molar refractivity (Wildman–Crippen MR) is 64.8 cm³/mol. The Balaban J connectivity index is 1.91. The first kappa shape index (κ1) is 11.0. The minimum atomic E-state index is 0.549. The SMILES string of the molecule is NCc1ncccc1SCC1CCCC1. The molecule has 3 heteroatoms. The molecule has 2 N–H and O–H groups in total. The van der Waals surface area contributed by atoms with Crippen LogP contribution in [0.5, 0.6) is 0 Å². The van der Waals surface area contributed by atoms with Crippen LogP contribution < -0.4 is 5.73 Å². The zero-order valence-corrected chi connectivity index (χ0v) is 9.80. The molecule has 1 aliphatic rings. The molecule has 0 aromatic carbocycles. The number of pyridine rings is 1. The Kier molecular flexibility index (Phi) is 4.03. The first-order chi connectivity index (χ1) is 7.40. The van der Waals surface area contributed by atoms with Crippen LogP contribution in [0.15, 0.2) is 23.2 Å². The fraction of sp³-hybridized carbons (Fsp3) is 0.583. The number of nitrogens with two attached hydrogens (primary N) is 1. The van der Waals surface area contributed by atoms with Gasteiger partial charge in [-0.3, -0.25) is 4.98 Å². The first-order valence-corrected chi connectivity index (χ1v) is 6.65. The molecule has 0 spiro atoms. The zero-order valence-electron chi connectivity index (χ0n) is 8.98. The van der Waals surface area contributed by atoms with E-state index < -0.39 is 0 Å². The Bertz CT molecular complexity index is 308. The van der Waals surface area contributed by atoms with E-state index in [2.05, 4.69) is 11.1 Å². The van der Waals surface area contributed by atoms with E-state index in [0.29, 0.717) is 6.54 Å². The van der Waals surface area contributed by atoms with Crippen molar-refractivity contribution < 1.29 is 0 Å². The molecule has 0 atom stereocenters. The Hall–Kier alpha value is -0.540. The van der Waals surface area contributed by atoms with E-state index in [9.17, 15) is 0 Å². The van der Waals surface area contributed by atoms with Crippen molar-refractivity contribution in [3.05, 3.63) is 24.0 Å². The van der Waals surface area contributed by atoms with Crippen molar-refractivity contribution in [2.24, 2.45) is 11.7 Å². The lowest BCUT2D eigenvalue weighted by atomic mass is 10.1. The van der Waals surface area contributed by atoms with E-state index in [0.717, 1.165) is 11.6 Å². The maximum Gasteiger partial charge on any atom is 0.0674 e. The highest BCUT2D eigenvalue weighted by atomic mass is 32.2. The van der Waals surface area contributed by atoms with E-state index in [-0.39, 0.29) is 0 Å². The summed E-state index contributed by atoms with van der Waals surface area (Å²) in [5, 5.41) is 0. The minimum Gasteiger partial charge on any atom is -0.325 e. The van der Waals surface area contributed by atoms with E-state index in [1.807, 2.05) is 24.0 Å². The largest absolute Gasteiger partial charge is 0.325 e. The fourth-order valence-electron chi connectivity index (χ4n) is 2.09. The van der Waals surface area contributed by atoms with Crippen LogP contribution in [0.25, 0.3) is 0 Å². The topological polar surface area (TPSA) is 38.9 Å². The average Bonchev–Trinajstić information content (AvgIpc) is 2.79. The van der Waals surface area contributed by atoms with Crippen LogP contribution in [0.1, 0.15) is 31.4 Å². The van der Waals surface area contributed by atoms with Crippen molar-refractivity contribution in [2.45, 2.75) is 37.1 Å². The molecular weight excluding hydrogens is 204 g/mol. The van der Waals surface area contributed by atoms with E-state index in [1.54, 1.807) is 0 Å². The Morgan fingerprint density at radius 2 is 2.20 bits per heavy atom. The molecule has 0 unspecified atom stereocenters. The summed E-state index contributed by atoms with van der Waals surface area (Å²) in [6, 6.07) is 4.13. The van der Waals surface area contributed by atoms with Gasteiger partial charge in [-0.15, -0.1) is 11.8 Å². The smallest absolute Gasteiger partial charge is 0.0674 e. The lowest BCUT2D eigenvalue weighted by Crippen LogP contribution is -2.03. The van der Waals surface area contributed by atoms with Gasteiger partial charge in [-0.25, -0.2) is 0 Å². The first-order valence-electron chi connectivity index (χ1n) is 5.67. The minimum absolute atomic E-state index is 0.549. The van der Waals surface area contributed by atoms with Gasteiger partial charge in [-0.1, -0.05) is 12.8 Å². The molecular formula is C12H18N2S. The molecule has 0 bridgehead atoms. The molecule has 82 valence electrons. The van der Waals surface area contributed by atoms with Gasteiger partial charge in [0.15, 0.2) is 0 Å². The zero-order chi connectivity index (χ0) is 10.5. The monoisotopic (exact) mass is 222 g/mol. The van der Waals surface area contributed by atoms with Gasteiger partial charge in [0, 0.05) is 23.4 Å². The summed E-state index contributed by atoms with van der Waals surface area (Å²) < 4.78 is 0. The molecule has 1 saturated carbocycles. The van der Waals surface area contributed by atoms with Gasteiger partial charge in [0.05, 0.1) is 5.69 Å². The van der Waals surface area contributed by atoms with Crippen molar-refractivity contribution in [3.63, 3.8) is 0 Å². The average molecular weight is 222 g/mol. The third-order valence-corrected chi connectivity index (χ3v) is 4.31. The highest BCUT2D eigenvalue weighted by Crippen LogP contribution is 2.31. The van der Waals surface area contributed by atoms with E-state index >= 15 is 0 Å². The molecule has 0 aliphatic heterocycles. The summed E-state index contributed by atoms with van der Waals surface area (Å²) in [7, 11) is 0. The van der Waals surface area contributed by atoms with Gasteiger partial charge >= 0.3 is 0 Å². The van der Waals surface area contributed by atoms with Crippen LogP contribution in [-0.2, 0) is 6.54 Å². The number of rotatable bonds is 4. The lowest BCUT2D eigenvalue weighted by Gasteiger charge is -2.10. The van der Waals surface area contributed by atoms with Crippen LogP contribution in [-0.4, -0.2) is 10.7 Å². The second-order valence-electron chi connectivity index (χ2n) is 4.11. The Labute approximate surface area is 95.7 Å². The summed E-state index contributed by atoms with van der Waals surface area (Å²) in [4.78, 5) is 5.57. The van der Waals surface area contributed by atoms with Crippen LogP contribution in [0.4, 0.5) is 0 Å². The molecule has 1 aromatic rings. The second kappa shape index (κ2) is 5.52. The van der Waals surface area contributed by atoms with Crippen LogP contribution >= 0.6 is 11.8 Å². The maximum absolute atomic E-state index is 5.66. The summed E-state index contributed by atoms with van der Waals surface area (Å²) in [5.41, 5.74) is 6.70. The molecule has 0 radical (unpaired) electrons. The van der Waals surface area contributed by atoms with Gasteiger partial charge in [-0.05, 0) is 30.9 Å². The number of aromatic nitrogens is 1. The van der Waals surface area contributed by atoms with Crippen molar-refractivity contribution in [1.82, 2.24) is 4.98 Å². The van der Waals surface area contributed by atoms with Crippen LogP contribution in [0.3, 0.4) is 0 Å². The molecule has 2 rings (SSSR count). The summed E-state index contributed by atoms with van der Waals surface area (Å²) in [5.74, 6) is 2.15. The molecule has 1 heterocycles. The summed E-state index contributed by atoms with van der Waals surface area (Å²) >= 11 is 1.93. The molecule has 15 heavy (non-hydrogen) atoms. The Morgan fingerprint density at radius 1 is 1.40 bits per heavy atom. The molecule has 0 saturated heterocycles. The van der Waals surface area contributed by atoms with Crippen molar-refractivity contribution in [3.8, 4) is 0 Å². The van der Waals surface area contributed by atoms with Crippen molar-refractivity contribution >= 4 is 11.8 Å². The second-order valence-corrected chi connectivity index (χ2v) is 5.18. The third-order valence-electron chi connectivity index (χ3n) is 2.99. The third kappa shape index (κ3) is 2.95. The number of thioether (sulfide) groups is 1. The predicted octanol–water partition coefficient (Wildman–Crippen LogP) is 2.82. The highest BCUT2D eigenvalue weighted by molar-refractivity contribution is 7.99. The van der Waals surface area contributed by atoms with Crippen molar-refractivity contribution in [2.75, 3.05) is 5.75 Å². The van der Waals surface area contributed by atoms with Gasteiger partial charge in [0.1, 0.15) is 0 Å². The molecule has 1 fully saturated rings.